The van der Waals surface area contributed by atoms with Crippen molar-refractivity contribution < 1.29 is 9.59 Å². The highest BCUT2D eigenvalue weighted by Crippen LogP contribution is 2.24. The number of carbonyl (C=O) groups excluding carboxylic acids is 2. The summed E-state index contributed by atoms with van der Waals surface area (Å²) < 4.78 is 1.96. The minimum Gasteiger partial charge on any atom is -0.335 e. The molecule has 0 saturated carbocycles. The molecule has 1 atom stereocenters. The molecule has 7 heteroatoms. The largest absolute Gasteiger partial charge is 0.335 e. The van der Waals surface area contributed by atoms with Gasteiger partial charge in [-0.1, -0.05) is 20.8 Å². The van der Waals surface area contributed by atoms with Crippen LogP contribution < -0.4 is 15.5 Å². The second kappa shape index (κ2) is 7.82. The van der Waals surface area contributed by atoms with Crippen molar-refractivity contribution in [3.05, 3.63) is 43.0 Å². The van der Waals surface area contributed by atoms with Crippen molar-refractivity contribution in [1.82, 2.24) is 14.9 Å². The van der Waals surface area contributed by atoms with Crippen LogP contribution in [0.25, 0.3) is 0 Å². The summed E-state index contributed by atoms with van der Waals surface area (Å²) in [6.07, 6.45) is 6.86. The van der Waals surface area contributed by atoms with Gasteiger partial charge in [0.25, 0.3) is 0 Å². The normalized spacial score (nSPS) is 15.7. The van der Waals surface area contributed by atoms with E-state index in [2.05, 4.69) is 36.4 Å². The quantitative estimate of drug-likeness (QED) is 0.849. The first kappa shape index (κ1) is 18.9. The molecule has 0 bridgehead atoms. The second-order valence-electron chi connectivity index (χ2n) is 7.97. The van der Waals surface area contributed by atoms with Crippen molar-refractivity contribution in [2.24, 2.45) is 5.41 Å². The van der Waals surface area contributed by atoms with Crippen LogP contribution in [-0.2, 0) is 11.3 Å². The van der Waals surface area contributed by atoms with Crippen LogP contribution in [0.15, 0.2) is 43.0 Å². The number of urea groups is 1. The zero-order chi connectivity index (χ0) is 19.4. The predicted octanol–water partition coefficient (Wildman–Crippen LogP) is 3.25. The van der Waals surface area contributed by atoms with Gasteiger partial charge < -0.3 is 20.1 Å². The van der Waals surface area contributed by atoms with E-state index in [0.29, 0.717) is 18.7 Å². The van der Waals surface area contributed by atoms with Crippen LogP contribution in [0.2, 0.25) is 0 Å². The van der Waals surface area contributed by atoms with Crippen LogP contribution in [0.3, 0.4) is 0 Å². The number of benzene rings is 1. The van der Waals surface area contributed by atoms with Crippen molar-refractivity contribution in [3.8, 4) is 0 Å². The third-order valence-electron chi connectivity index (χ3n) is 4.81. The molecule has 7 nitrogen and oxygen atoms in total. The van der Waals surface area contributed by atoms with Gasteiger partial charge in [0, 0.05) is 43.3 Å². The fourth-order valence-corrected chi connectivity index (χ4v) is 3.11. The highest BCUT2D eigenvalue weighted by Gasteiger charge is 2.27. The summed E-state index contributed by atoms with van der Waals surface area (Å²) in [5.41, 5.74) is 1.45. The zero-order valence-corrected chi connectivity index (χ0v) is 16.1. The first-order chi connectivity index (χ1) is 12.8. The number of hydrogen-bond donors (Lipinski definition) is 2. The Labute approximate surface area is 159 Å². The molecule has 1 aliphatic heterocycles. The Balaban J connectivity index is 1.60. The fraction of sp³-hybridized carbons (Fsp3) is 0.450. The first-order valence-electron chi connectivity index (χ1n) is 9.26. The monoisotopic (exact) mass is 369 g/mol. The molecular formula is C20H27N5O2. The third-order valence-corrected chi connectivity index (χ3v) is 4.81. The van der Waals surface area contributed by atoms with Crippen molar-refractivity contribution in [1.29, 1.82) is 0 Å². The predicted molar refractivity (Wildman–Crippen MR) is 106 cm³/mol. The molecule has 1 aliphatic rings. The van der Waals surface area contributed by atoms with Crippen molar-refractivity contribution in [2.75, 3.05) is 16.8 Å². The topological polar surface area (TPSA) is 79.3 Å². The molecule has 3 rings (SSSR count). The van der Waals surface area contributed by atoms with E-state index < -0.39 is 0 Å². The van der Waals surface area contributed by atoms with Gasteiger partial charge in [0.1, 0.15) is 0 Å². The van der Waals surface area contributed by atoms with E-state index in [-0.39, 0.29) is 23.4 Å². The second-order valence-corrected chi connectivity index (χ2v) is 7.97. The van der Waals surface area contributed by atoms with Crippen molar-refractivity contribution in [2.45, 2.75) is 46.2 Å². The van der Waals surface area contributed by atoms with Gasteiger partial charge in [0.15, 0.2) is 0 Å². The number of anilines is 2. The standard InChI is InChI=1S/C20H27N5O2/c1-20(2,3)17(13-24-12-10-21-14-24)23-19(27)22-15-6-8-16(9-7-15)25-11-4-5-18(25)26/h6-10,12,14,17H,4-5,11,13H2,1-3H3,(H2,22,23,27)/t17-/m0/s1. The average molecular weight is 369 g/mol. The third kappa shape index (κ3) is 4.87. The molecule has 2 aromatic rings. The number of aromatic nitrogens is 2. The molecule has 1 fully saturated rings. The maximum Gasteiger partial charge on any atom is 0.319 e. The van der Waals surface area contributed by atoms with E-state index in [9.17, 15) is 9.59 Å². The first-order valence-corrected chi connectivity index (χ1v) is 9.26. The fourth-order valence-electron chi connectivity index (χ4n) is 3.11. The molecule has 3 amide bonds. The minimum atomic E-state index is -0.250. The van der Waals surface area contributed by atoms with Gasteiger partial charge in [0.2, 0.25) is 5.91 Å². The Bertz CT molecular complexity index is 778. The summed E-state index contributed by atoms with van der Waals surface area (Å²) in [7, 11) is 0. The van der Waals surface area contributed by atoms with Crippen LogP contribution in [0, 0.1) is 5.41 Å². The molecule has 2 N–H and O–H groups in total. The average Bonchev–Trinajstić information content (AvgIpc) is 3.26. The van der Waals surface area contributed by atoms with E-state index in [1.807, 2.05) is 35.0 Å². The molecule has 1 saturated heterocycles. The van der Waals surface area contributed by atoms with Gasteiger partial charge in [-0.3, -0.25) is 4.79 Å². The Morgan fingerprint density at radius 3 is 2.56 bits per heavy atom. The lowest BCUT2D eigenvalue weighted by Gasteiger charge is -2.31. The molecule has 144 valence electrons. The van der Waals surface area contributed by atoms with Gasteiger partial charge in [-0.05, 0) is 36.1 Å². The number of amides is 3. The van der Waals surface area contributed by atoms with Crippen LogP contribution in [0.5, 0.6) is 0 Å². The van der Waals surface area contributed by atoms with Crippen molar-refractivity contribution >= 4 is 23.3 Å². The number of imidazole rings is 1. The summed E-state index contributed by atoms with van der Waals surface area (Å²) in [6, 6.07) is 7.07. The van der Waals surface area contributed by atoms with Crippen LogP contribution >= 0.6 is 0 Å². The lowest BCUT2D eigenvalue weighted by molar-refractivity contribution is -0.117. The molecule has 0 unspecified atom stereocenters. The Kier molecular flexibility index (Phi) is 5.48. The minimum absolute atomic E-state index is 0.0619. The highest BCUT2D eigenvalue weighted by molar-refractivity contribution is 5.96. The Morgan fingerprint density at radius 2 is 2.00 bits per heavy atom. The van der Waals surface area contributed by atoms with E-state index >= 15 is 0 Å². The van der Waals surface area contributed by atoms with E-state index in [4.69, 9.17) is 0 Å². The summed E-state index contributed by atoms with van der Waals surface area (Å²) in [5.74, 6) is 0.154. The molecular weight excluding hydrogens is 342 g/mol. The maximum atomic E-state index is 12.5. The van der Waals surface area contributed by atoms with Gasteiger partial charge >= 0.3 is 6.03 Å². The van der Waals surface area contributed by atoms with Gasteiger partial charge in [0.05, 0.1) is 12.4 Å². The Morgan fingerprint density at radius 1 is 1.26 bits per heavy atom. The number of nitrogens with zero attached hydrogens (tertiary/aromatic N) is 3. The summed E-state index contributed by atoms with van der Waals surface area (Å²) in [4.78, 5) is 30.1. The smallest absolute Gasteiger partial charge is 0.319 e. The molecule has 0 radical (unpaired) electrons. The lowest BCUT2D eigenvalue weighted by Crippen LogP contribution is -2.47. The van der Waals surface area contributed by atoms with Crippen LogP contribution in [-0.4, -0.2) is 34.1 Å². The molecule has 1 aromatic carbocycles. The number of rotatable bonds is 5. The molecule has 0 aliphatic carbocycles. The molecule has 1 aromatic heterocycles. The SMILES string of the molecule is CC(C)(C)[C@H](Cn1ccnc1)NC(=O)Nc1ccc(N2CCCC2=O)cc1. The van der Waals surface area contributed by atoms with Gasteiger partial charge in [-0.15, -0.1) is 0 Å². The summed E-state index contributed by atoms with van der Waals surface area (Å²) in [6.45, 7) is 7.69. The number of carbonyl (C=O) groups is 2. The van der Waals surface area contributed by atoms with E-state index in [0.717, 1.165) is 18.7 Å². The zero-order valence-electron chi connectivity index (χ0n) is 16.1. The van der Waals surface area contributed by atoms with E-state index in [1.165, 1.54) is 0 Å². The molecule has 27 heavy (non-hydrogen) atoms. The molecule has 2 heterocycles. The van der Waals surface area contributed by atoms with Crippen LogP contribution in [0.1, 0.15) is 33.6 Å². The lowest BCUT2D eigenvalue weighted by atomic mass is 9.86. The van der Waals surface area contributed by atoms with Gasteiger partial charge in [-0.2, -0.15) is 0 Å². The number of hydrogen-bond acceptors (Lipinski definition) is 3. The summed E-state index contributed by atoms with van der Waals surface area (Å²) in [5, 5.41) is 5.93. The maximum absolute atomic E-state index is 12.5. The summed E-state index contributed by atoms with van der Waals surface area (Å²) >= 11 is 0. The van der Waals surface area contributed by atoms with Crippen molar-refractivity contribution in [3.63, 3.8) is 0 Å². The molecule has 0 spiro atoms. The Hall–Kier alpha value is -2.83. The highest BCUT2D eigenvalue weighted by atomic mass is 16.2. The van der Waals surface area contributed by atoms with Gasteiger partial charge in [-0.25, -0.2) is 9.78 Å². The van der Waals surface area contributed by atoms with Crippen LogP contribution in [0.4, 0.5) is 16.2 Å². The number of nitrogens with one attached hydrogen (secondary N) is 2. The van der Waals surface area contributed by atoms with E-state index in [1.54, 1.807) is 17.4 Å².